The summed E-state index contributed by atoms with van der Waals surface area (Å²) >= 11 is 1.60. The summed E-state index contributed by atoms with van der Waals surface area (Å²) in [5.74, 6) is 0. The number of nitrogens with zero attached hydrogens (tertiary/aromatic N) is 1. The van der Waals surface area contributed by atoms with Crippen molar-refractivity contribution >= 4 is 27.0 Å². The van der Waals surface area contributed by atoms with Crippen molar-refractivity contribution < 1.29 is 8.42 Å². The summed E-state index contributed by atoms with van der Waals surface area (Å²) in [6.45, 7) is 4.80. The first-order chi connectivity index (χ1) is 9.53. The number of nitrogens with one attached hydrogen (secondary N) is 2. The number of aryl methyl sites for hydroxylation is 1. The number of anilines is 1. The Bertz CT molecular complexity index is 663. The summed E-state index contributed by atoms with van der Waals surface area (Å²) in [6, 6.07) is 6.72. The molecule has 1 aromatic heterocycles. The molecule has 0 bridgehead atoms. The van der Waals surface area contributed by atoms with Gasteiger partial charge in [-0.2, -0.15) is 0 Å². The lowest BCUT2D eigenvalue weighted by molar-refractivity contribution is 0.584. The van der Waals surface area contributed by atoms with Gasteiger partial charge >= 0.3 is 0 Å². The molecule has 2 N–H and O–H groups in total. The van der Waals surface area contributed by atoms with Crippen molar-refractivity contribution in [2.75, 3.05) is 11.9 Å². The molecular weight excluding hydrogens is 294 g/mol. The van der Waals surface area contributed by atoms with Crippen molar-refractivity contribution in [1.29, 1.82) is 0 Å². The summed E-state index contributed by atoms with van der Waals surface area (Å²) < 4.78 is 26.1. The Labute approximate surface area is 123 Å². The van der Waals surface area contributed by atoms with Gasteiger partial charge in [0.25, 0.3) is 0 Å². The van der Waals surface area contributed by atoms with Gasteiger partial charge in [0.2, 0.25) is 10.0 Å². The first-order valence-corrected chi connectivity index (χ1v) is 8.62. The first-order valence-electron chi connectivity index (χ1n) is 6.25. The van der Waals surface area contributed by atoms with E-state index >= 15 is 0 Å². The molecule has 20 heavy (non-hydrogen) atoms. The van der Waals surface area contributed by atoms with Crippen molar-refractivity contribution in [3.05, 3.63) is 40.3 Å². The van der Waals surface area contributed by atoms with Crippen LogP contribution in [0.5, 0.6) is 0 Å². The van der Waals surface area contributed by atoms with Crippen LogP contribution in [0, 0.1) is 6.92 Å². The quantitative estimate of drug-likeness (QED) is 0.859. The standard InChI is InChI=1S/C13H17N3O2S2/c1-3-16-20(17,18)12-6-4-11(5-7-12)14-8-13-10(2)15-9-19-13/h4-7,9,14,16H,3,8H2,1-2H3. The van der Waals surface area contributed by atoms with Gasteiger partial charge in [-0.25, -0.2) is 18.1 Å². The number of thiazole rings is 1. The largest absolute Gasteiger partial charge is 0.380 e. The molecule has 0 unspecified atom stereocenters. The van der Waals surface area contributed by atoms with E-state index in [2.05, 4.69) is 15.0 Å². The Morgan fingerprint density at radius 1 is 1.25 bits per heavy atom. The van der Waals surface area contributed by atoms with Gasteiger partial charge in [-0.1, -0.05) is 6.92 Å². The highest BCUT2D eigenvalue weighted by Crippen LogP contribution is 2.17. The molecule has 5 nitrogen and oxygen atoms in total. The Morgan fingerprint density at radius 2 is 1.95 bits per heavy atom. The molecule has 0 aliphatic heterocycles. The van der Waals surface area contributed by atoms with Crippen molar-refractivity contribution in [1.82, 2.24) is 9.71 Å². The summed E-state index contributed by atoms with van der Waals surface area (Å²) in [4.78, 5) is 5.64. The molecule has 7 heteroatoms. The molecule has 0 aliphatic carbocycles. The maximum Gasteiger partial charge on any atom is 0.240 e. The Hall–Kier alpha value is -1.44. The Balaban J connectivity index is 2.04. The van der Waals surface area contributed by atoms with Gasteiger partial charge in [-0.3, -0.25) is 0 Å². The molecule has 0 radical (unpaired) electrons. The summed E-state index contributed by atoms with van der Waals surface area (Å²) in [5.41, 5.74) is 3.72. The molecule has 0 fully saturated rings. The molecule has 0 saturated carbocycles. The lowest BCUT2D eigenvalue weighted by atomic mass is 10.3. The van der Waals surface area contributed by atoms with Crippen LogP contribution in [0.15, 0.2) is 34.7 Å². The minimum Gasteiger partial charge on any atom is -0.380 e. The minimum absolute atomic E-state index is 0.277. The Morgan fingerprint density at radius 3 is 2.50 bits per heavy atom. The fourth-order valence-electron chi connectivity index (χ4n) is 1.70. The van der Waals surface area contributed by atoms with E-state index in [4.69, 9.17) is 0 Å². The van der Waals surface area contributed by atoms with E-state index < -0.39 is 10.0 Å². The van der Waals surface area contributed by atoms with E-state index in [1.807, 2.05) is 12.4 Å². The lowest BCUT2D eigenvalue weighted by Crippen LogP contribution is -2.23. The van der Waals surface area contributed by atoms with Crippen molar-refractivity contribution in [3.8, 4) is 0 Å². The highest BCUT2D eigenvalue weighted by Gasteiger charge is 2.11. The third kappa shape index (κ3) is 3.56. The molecule has 0 amide bonds. The predicted octanol–water partition coefficient (Wildman–Crippen LogP) is 2.36. The van der Waals surface area contributed by atoms with Crippen LogP contribution in [0.25, 0.3) is 0 Å². The number of rotatable bonds is 6. The van der Waals surface area contributed by atoms with E-state index in [-0.39, 0.29) is 4.90 Å². The molecule has 0 saturated heterocycles. The number of hydrogen-bond acceptors (Lipinski definition) is 5. The molecule has 1 heterocycles. The number of hydrogen-bond donors (Lipinski definition) is 2. The highest BCUT2D eigenvalue weighted by molar-refractivity contribution is 7.89. The zero-order valence-electron chi connectivity index (χ0n) is 11.4. The van der Waals surface area contributed by atoms with E-state index in [9.17, 15) is 8.42 Å². The fourth-order valence-corrected chi connectivity index (χ4v) is 3.46. The Kier molecular flexibility index (Phi) is 4.74. The highest BCUT2D eigenvalue weighted by atomic mass is 32.2. The zero-order chi connectivity index (χ0) is 14.6. The zero-order valence-corrected chi connectivity index (χ0v) is 13.0. The van der Waals surface area contributed by atoms with Gasteiger partial charge in [0.05, 0.1) is 22.6 Å². The maximum atomic E-state index is 11.8. The van der Waals surface area contributed by atoms with Crippen molar-refractivity contribution in [2.45, 2.75) is 25.3 Å². The van der Waals surface area contributed by atoms with E-state index in [1.54, 1.807) is 42.5 Å². The van der Waals surface area contributed by atoms with Crippen LogP contribution >= 0.6 is 11.3 Å². The van der Waals surface area contributed by atoms with Crippen LogP contribution in [-0.4, -0.2) is 19.9 Å². The van der Waals surface area contributed by atoms with Gasteiger partial charge in [0, 0.05) is 17.1 Å². The van der Waals surface area contributed by atoms with Gasteiger partial charge < -0.3 is 5.32 Å². The molecule has 0 spiro atoms. The normalized spacial score (nSPS) is 11.5. The molecule has 108 valence electrons. The second-order valence-corrected chi connectivity index (χ2v) is 6.95. The molecule has 1 aromatic carbocycles. The number of sulfonamides is 1. The summed E-state index contributed by atoms with van der Waals surface area (Å²) in [5, 5.41) is 3.25. The third-order valence-electron chi connectivity index (χ3n) is 2.80. The lowest BCUT2D eigenvalue weighted by Gasteiger charge is -2.08. The average molecular weight is 311 g/mol. The smallest absolute Gasteiger partial charge is 0.240 e. The summed E-state index contributed by atoms with van der Waals surface area (Å²) in [7, 11) is -3.38. The minimum atomic E-state index is -3.38. The molecule has 0 aliphatic rings. The van der Waals surface area contributed by atoms with Crippen LogP contribution in [0.2, 0.25) is 0 Å². The third-order valence-corrected chi connectivity index (χ3v) is 5.29. The molecule has 2 rings (SSSR count). The van der Waals surface area contributed by atoms with E-state index in [1.165, 1.54) is 4.88 Å². The van der Waals surface area contributed by atoms with Gasteiger partial charge in [-0.05, 0) is 31.2 Å². The second kappa shape index (κ2) is 6.34. The van der Waals surface area contributed by atoms with Crippen molar-refractivity contribution in [3.63, 3.8) is 0 Å². The molecular formula is C13H17N3O2S2. The number of aromatic nitrogens is 1. The van der Waals surface area contributed by atoms with Crippen molar-refractivity contribution in [2.24, 2.45) is 0 Å². The van der Waals surface area contributed by atoms with Crippen LogP contribution in [-0.2, 0) is 16.6 Å². The second-order valence-electron chi connectivity index (χ2n) is 4.24. The van der Waals surface area contributed by atoms with E-state index in [0.29, 0.717) is 13.1 Å². The topological polar surface area (TPSA) is 71.1 Å². The van der Waals surface area contributed by atoms with Crippen LogP contribution in [0.3, 0.4) is 0 Å². The monoisotopic (exact) mass is 311 g/mol. The molecule has 0 atom stereocenters. The van der Waals surface area contributed by atoms with E-state index in [0.717, 1.165) is 11.4 Å². The fraction of sp³-hybridized carbons (Fsp3) is 0.308. The van der Waals surface area contributed by atoms with Crippen LogP contribution in [0.1, 0.15) is 17.5 Å². The van der Waals surface area contributed by atoms with Crippen LogP contribution in [0.4, 0.5) is 5.69 Å². The number of benzene rings is 1. The summed E-state index contributed by atoms with van der Waals surface area (Å²) in [6.07, 6.45) is 0. The first kappa shape index (κ1) is 15.0. The SMILES string of the molecule is CCNS(=O)(=O)c1ccc(NCc2scnc2C)cc1. The average Bonchev–Trinajstić information content (AvgIpc) is 2.82. The van der Waals surface area contributed by atoms with Crippen LogP contribution < -0.4 is 10.0 Å². The van der Waals surface area contributed by atoms with Gasteiger partial charge in [0.1, 0.15) is 0 Å². The van der Waals surface area contributed by atoms with Gasteiger partial charge in [-0.15, -0.1) is 11.3 Å². The maximum absolute atomic E-state index is 11.8. The van der Waals surface area contributed by atoms with Gasteiger partial charge in [0.15, 0.2) is 0 Å². The molecule has 2 aromatic rings. The predicted molar refractivity (Wildman–Crippen MR) is 81.5 cm³/mol.